The Bertz CT molecular complexity index is 1230. The van der Waals surface area contributed by atoms with E-state index in [2.05, 4.69) is 5.32 Å². The minimum atomic E-state index is -4.13. The zero-order valence-electron chi connectivity index (χ0n) is 17.9. The Morgan fingerprint density at radius 3 is 2.33 bits per heavy atom. The van der Waals surface area contributed by atoms with Crippen LogP contribution in [0.4, 0.5) is 11.4 Å². The van der Waals surface area contributed by atoms with Crippen molar-refractivity contribution in [2.75, 3.05) is 29.9 Å². The summed E-state index contributed by atoms with van der Waals surface area (Å²) in [6.07, 6.45) is 0. The number of amides is 1. The fourth-order valence-electron chi connectivity index (χ4n) is 3.05. The Morgan fingerprint density at radius 1 is 1.00 bits per heavy atom. The first kappa shape index (κ1) is 24.7. The maximum atomic E-state index is 13.5. The van der Waals surface area contributed by atoms with Gasteiger partial charge in [-0.1, -0.05) is 35.3 Å². The van der Waals surface area contributed by atoms with E-state index in [1.807, 2.05) is 0 Å². The number of hydrogen-bond donors (Lipinski definition) is 1. The van der Waals surface area contributed by atoms with E-state index in [1.54, 1.807) is 43.3 Å². The summed E-state index contributed by atoms with van der Waals surface area (Å²) in [5, 5.41) is 3.37. The van der Waals surface area contributed by atoms with Gasteiger partial charge >= 0.3 is 0 Å². The molecule has 3 rings (SSSR count). The third-order valence-corrected chi connectivity index (χ3v) is 6.88. The van der Waals surface area contributed by atoms with Crippen molar-refractivity contribution in [3.05, 3.63) is 76.8 Å². The molecule has 1 N–H and O–H groups in total. The van der Waals surface area contributed by atoms with Gasteiger partial charge in [-0.05, 0) is 61.5 Å². The first-order valence-electron chi connectivity index (χ1n) is 9.89. The molecule has 7 nitrogen and oxygen atoms in total. The second-order valence-electron chi connectivity index (χ2n) is 6.76. The largest absolute Gasteiger partial charge is 0.495 e. The third-order valence-electron chi connectivity index (χ3n) is 4.56. The third kappa shape index (κ3) is 5.90. The summed E-state index contributed by atoms with van der Waals surface area (Å²) in [5.41, 5.74) is 0.630. The molecular weight excluding hydrogens is 487 g/mol. The second-order valence-corrected chi connectivity index (χ2v) is 9.47. The van der Waals surface area contributed by atoms with Gasteiger partial charge < -0.3 is 14.8 Å². The lowest BCUT2D eigenvalue weighted by molar-refractivity contribution is -0.114. The van der Waals surface area contributed by atoms with Gasteiger partial charge in [0.05, 0.1) is 29.3 Å². The summed E-state index contributed by atoms with van der Waals surface area (Å²) in [7, 11) is -2.65. The van der Waals surface area contributed by atoms with Crippen LogP contribution in [0.25, 0.3) is 0 Å². The Balaban J connectivity index is 1.98. The SMILES string of the molecule is CCOc1ccccc1N(CC(=O)Nc1ccc(OC)c(Cl)c1)S(=O)(=O)c1ccc(Cl)cc1. The van der Waals surface area contributed by atoms with Crippen molar-refractivity contribution in [2.45, 2.75) is 11.8 Å². The molecule has 10 heteroatoms. The van der Waals surface area contributed by atoms with E-state index >= 15 is 0 Å². The number of hydrogen-bond acceptors (Lipinski definition) is 5. The van der Waals surface area contributed by atoms with E-state index < -0.39 is 22.5 Å². The highest BCUT2D eigenvalue weighted by atomic mass is 35.5. The van der Waals surface area contributed by atoms with Crippen LogP contribution in [0.1, 0.15) is 6.92 Å². The lowest BCUT2D eigenvalue weighted by Gasteiger charge is -2.26. The Morgan fingerprint density at radius 2 is 1.70 bits per heavy atom. The van der Waals surface area contributed by atoms with Crippen LogP contribution >= 0.6 is 23.2 Å². The zero-order chi connectivity index (χ0) is 24.0. The fraction of sp³-hybridized carbons (Fsp3) is 0.174. The number of carbonyl (C=O) groups is 1. The molecule has 1 amide bonds. The highest BCUT2D eigenvalue weighted by Crippen LogP contribution is 2.33. The second kappa shape index (κ2) is 10.8. The molecule has 174 valence electrons. The molecular formula is C23H22Cl2N2O5S. The number of rotatable bonds is 9. The molecule has 33 heavy (non-hydrogen) atoms. The predicted molar refractivity (Wildman–Crippen MR) is 130 cm³/mol. The monoisotopic (exact) mass is 508 g/mol. The van der Waals surface area contributed by atoms with Gasteiger partial charge in [-0.2, -0.15) is 0 Å². The molecule has 0 fully saturated rings. The Kier molecular flexibility index (Phi) is 8.07. The number of sulfonamides is 1. The first-order valence-corrected chi connectivity index (χ1v) is 12.1. The zero-order valence-corrected chi connectivity index (χ0v) is 20.2. The highest BCUT2D eigenvalue weighted by molar-refractivity contribution is 7.92. The molecule has 0 radical (unpaired) electrons. The molecule has 0 atom stereocenters. The number of nitrogens with one attached hydrogen (secondary N) is 1. The average Bonchev–Trinajstić information content (AvgIpc) is 2.78. The van der Waals surface area contributed by atoms with Crippen LogP contribution in [0.2, 0.25) is 10.0 Å². The highest BCUT2D eigenvalue weighted by Gasteiger charge is 2.29. The normalized spacial score (nSPS) is 11.0. The van der Waals surface area contributed by atoms with Gasteiger partial charge in [-0.3, -0.25) is 9.10 Å². The van der Waals surface area contributed by atoms with E-state index in [0.29, 0.717) is 33.8 Å². The molecule has 0 unspecified atom stereocenters. The molecule has 0 saturated carbocycles. The smallest absolute Gasteiger partial charge is 0.264 e. The quantitative estimate of drug-likeness (QED) is 0.427. The molecule has 0 spiro atoms. The topological polar surface area (TPSA) is 84.9 Å². The molecule has 3 aromatic rings. The van der Waals surface area contributed by atoms with Crippen molar-refractivity contribution in [3.63, 3.8) is 0 Å². The molecule has 0 aromatic heterocycles. The number of para-hydroxylation sites is 2. The molecule has 0 heterocycles. The van der Waals surface area contributed by atoms with Crippen molar-refractivity contribution in [1.29, 1.82) is 0 Å². The fourth-order valence-corrected chi connectivity index (χ4v) is 4.86. The van der Waals surface area contributed by atoms with Crippen molar-refractivity contribution in [1.82, 2.24) is 0 Å². The summed E-state index contributed by atoms with van der Waals surface area (Å²) >= 11 is 12.0. The van der Waals surface area contributed by atoms with Crippen molar-refractivity contribution in [2.24, 2.45) is 0 Å². The molecule has 0 aliphatic heterocycles. The van der Waals surface area contributed by atoms with Crippen molar-refractivity contribution >= 4 is 50.5 Å². The molecule has 0 aliphatic carbocycles. The minimum Gasteiger partial charge on any atom is -0.495 e. The molecule has 0 bridgehead atoms. The van der Waals surface area contributed by atoms with Crippen LogP contribution in [0.5, 0.6) is 11.5 Å². The maximum Gasteiger partial charge on any atom is 0.264 e. The number of benzene rings is 3. The summed E-state index contributed by atoms with van der Waals surface area (Å²) < 4.78 is 38.8. The summed E-state index contributed by atoms with van der Waals surface area (Å²) in [4.78, 5) is 12.9. The standard InChI is InChI=1S/C23H22Cl2N2O5S/c1-3-32-22-7-5-4-6-20(22)27(33(29,30)18-11-8-16(24)9-12-18)15-23(28)26-17-10-13-21(31-2)19(25)14-17/h4-14H,3,15H2,1-2H3,(H,26,28). The number of methoxy groups -OCH3 is 1. The Labute approximate surface area is 202 Å². The van der Waals surface area contributed by atoms with Crippen LogP contribution in [0.15, 0.2) is 71.6 Å². The van der Waals surface area contributed by atoms with Gasteiger partial charge in [-0.15, -0.1) is 0 Å². The van der Waals surface area contributed by atoms with Gasteiger partial charge in [0.2, 0.25) is 5.91 Å². The lowest BCUT2D eigenvalue weighted by atomic mass is 10.3. The predicted octanol–water partition coefficient (Wildman–Crippen LogP) is 5.23. The maximum absolute atomic E-state index is 13.5. The van der Waals surface area contributed by atoms with Gasteiger partial charge in [0, 0.05) is 10.7 Å². The van der Waals surface area contributed by atoms with E-state index in [1.165, 1.54) is 37.4 Å². The van der Waals surface area contributed by atoms with Crippen LogP contribution < -0.4 is 19.1 Å². The van der Waals surface area contributed by atoms with Gasteiger partial charge in [0.1, 0.15) is 18.0 Å². The van der Waals surface area contributed by atoms with Crippen LogP contribution in [0, 0.1) is 0 Å². The van der Waals surface area contributed by atoms with Crippen LogP contribution in [-0.2, 0) is 14.8 Å². The van der Waals surface area contributed by atoms with Gasteiger partial charge in [0.25, 0.3) is 10.0 Å². The molecule has 3 aromatic carbocycles. The molecule has 0 saturated heterocycles. The minimum absolute atomic E-state index is 0.0153. The van der Waals surface area contributed by atoms with E-state index in [0.717, 1.165) is 4.31 Å². The van der Waals surface area contributed by atoms with Crippen molar-refractivity contribution < 1.29 is 22.7 Å². The number of ether oxygens (including phenoxy) is 2. The van der Waals surface area contributed by atoms with E-state index in [-0.39, 0.29) is 10.6 Å². The van der Waals surface area contributed by atoms with Gasteiger partial charge in [0.15, 0.2) is 0 Å². The van der Waals surface area contributed by atoms with Gasteiger partial charge in [-0.25, -0.2) is 8.42 Å². The van der Waals surface area contributed by atoms with E-state index in [4.69, 9.17) is 32.7 Å². The molecule has 0 aliphatic rings. The lowest BCUT2D eigenvalue weighted by Crippen LogP contribution is -2.38. The summed E-state index contributed by atoms with van der Waals surface area (Å²) in [6, 6.07) is 17.1. The number of nitrogens with zero attached hydrogens (tertiary/aromatic N) is 1. The number of anilines is 2. The average molecular weight is 509 g/mol. The van der Waals surface area contributed by atoms with Crippen LogP contribution in [-0.4, -0.2) is 34.6 Å². The summed E-state index contributed by atoms with van der Waals surface area (Å²) in [5.74, 6) is 0.213. The van der Waals surface area contributed by atoms with E-state index in [9.17, 15) is 13.2 Å². The number of carbonyl (C=O) groups excluding carboxylic acids is 1. The van der Waals surface area contributed by atoms with Crippen molar-refractivity contribution in [3.8, 4) is 11.5 Å². The summed E-state index contributed by atoms with van der Waals surface area (Å²) in [6.45, 7) is 1.61. The Hall–Kier alpha value is -2.94. The number of halogens is 2. The first-order chi connectivity index (χ1) is 15.8. The van der Waals surface area contributed by atoms with Crippen LogP contribution in [0.3, 0.4) is 0 Å².